The Morgan fingerprint density at radius 2 is 1.95 bits per heavy atom. The molecule has 0 atom stereocenters. The van der Waals surface area contributed by atoms with Gasteiger partial charge in [-0.1, -0.05) is 19.8 Å². The molecule has 1 aromatic heterocycles. The van der Waals surface area contributed by atoms with Crippen molar-refractivity contribution in [1.82, 2.24) is 15.2 Å². The molecule has 2 heterocycles. The molecule has 1 saturated carbocycles. The average Bonchev–Trinajstić information content (AvgIpc) is 3.29. The number of rotatable bonds is 7. The molecular formula is C17H29N3S. The molecule has 2 fully saturated rings. The van der Waals surface area contributed by atoms with Crippen molar-refractivity contribution in [2.75, 3.05) is 26.2 Å². The molecule has 21 heavy (non-hydrogen) atoms. The molecule has 1 N–H and O–H groups in total. The molecule has 1 aliphatic carbocycles. The Kier molecular flexibility index (Phi) is 5.67. The second kappa shape index (κ2) is 7.70. The van der Waals surface area contributed by atoms with Gasteiger partial charge in [-0.2, -0.15) is 0 Å². The summed E-state index contributed by atoms with van der Waals surface area (Å²) in [6.45, 7) is 8.04. The van der Waals surface area contributed by atoms with Crippen LogP contribution in [0.2, 0.25) is 0 Å². The van der Waals surface area contributed by atoms with Crippen LogP contribution in [-0.2, 0) is 13.0 Å². The number of hydrogen-bond acceptors (Lipinski definition) is 4. The third kappa shape index (κ3) is 4.51. The molecule has 118 valence electrons. The van der Waals surface area contributed by atoms with Crippen LogP contribution in [0.3, 0.4) is 0 Å². The quantitative estimate of drug-likeness (QED) is 0.835. The van der Waals surface area contributed by atoms with Gasteiger partial charge >= 0.3 is 0 Å². The fourth-order valence-corrected chi connectivity index (χ4v) is 4.29. The lowest BCUT2D eigenvalue weighted by Crippen LogP contribution is -2.26. The predicted octanol–water partition coefficient (Wildman–Crippen LogP) is 3.55. The van der Waals surface area contributed by atoms with Crippen LogP contribution in [0.15, 0.2) is 0 Å². The highest BCUT2D eigenvalue weighted by atomic mass is 32.1. The van der Waals surface area contributed by atoms with Crippen molar-refractivity contribution >= 4 is 11.3 Å². The molecule has 0 spiro atoms. The Hall–Kier alpha value is -0.450. The zero-order chi connectivity index (χ0) is 14.5. The smallest absolute Gasteiger partial charge is 0.0944 e. The van der Waals surface area contributed by atoms with Gasteiger partial charge < -0.3 is 10.2 Å². The molecule has 0 radical (unpaired) electrons. The summed E-state index contributed by atoms with van der Waals surface area (Å²) in [6, 6.07) is 0. The summed E-state index contributed by atoms with van der Waals surface area (Å²) in [4.78, 5) is 9.14. The number of aromatic nitrogens is 1. The van der Waals surface area contributed by atoms with E-state index in [1.54, 1.807) is 0 Å². The first kappa shape index (κ1) is 15.4. The summed E-state index contributed by atoms with van der Waals surface area (Å²) in [5, 5.41) is 4.84. The highest BCUT2D eigenvalue weighted by Gasteiger charge is 2.29. The normalized spacial score (nSPS) is 20.6. The van der Waals surface area contributed by atoms with E-state index in [1.165, 1.54) is 73.7 Å². The van der Waals surface area contributed by atoms with E-state index >= 15 is 0 Å². The molecule has 1 aliphatic heterocycles. The van der Waals surface area contributed by atoms with Gasteiger partial charge in [-0.15, -0.1) is 11.3 Å². The van der Waals surface area contributed by atoms with E-state index < -0.39 is 0 Å². The molecule has 0 bridgehead atoms. The standard InChI is InChI=1S/C17H29N3S/c1-2-18-13-15-17(14-7-8-14)19-16(21-15)9-12-20-10-5-3-4-6-11-20/h14,18H,2-13H2,1H3. The predicted molar refractivity (Wildman–Crippen MR) is 90.1 cm³/mol. The molecule has 1 aromatic rings. The van der Waals surface area contributed by atoms with E-state index in [4.69, 9.17) is 4.98 Å². The SMILES string of the molecule is CCNCc1sc(CCN2CCCCCC2)nc1C1CC1. The van der Waals surface area contributed by atoms with Crippen molar-refractivity contribution in [3.63, 3.8) is 0 Å². The molecule has 3 rings (SSSR count). The number of thiazole rings is 1. The molecule has 3 nitrogen and oxygen atoms in total. The molecule has 4 heteroatoms. The fourth-order valence-electron chi connectivity index (χ4n) is 3.18. The summed E-state index contributed by atoms with van der Waals surface area (Å²) in [5.74, 6) is 0.779. The maximum atomic E-state index is 4.98. The zero-order valence-electron chi connectivity index (χ0n) is 13.4. The Labute approximate surface area is 133 Å². The number of hydrogen-bond donors (Lipinski definition) is 1. The van der Waals surface area contributed by atoms with Gasteiger partial charge in [-0.25, -0.2) is 4.98 Å². The lowest BCUT2D eigenvalue weighted by Gasteiger charge is -2.18. The van der Waals surface area contributed by atoms with Crippen LogP contribution in [0, 0.1) is 0 Å². The zero-order valence-corrected chi connectivity index (χ0v) is 14.2. The van der Waals surface area contributed by atoms with Crippen molar-refractivity contribution in [2.45, 2.75) is 64.3 Å². The number of likely N-dealkylation sites (tertiary alicyclic amines) is 1. The largest absolute Gasteiger partial charge is 0.312 e. The van der Waals surface area contributed by atoms with Gasteiger partial charge in [0.25, 0.3) is 0 Å². The van der Waals surface area contributed by atoms with E-state index in [1.807, 2.05) is 11.3 Å². The summed E-state index contributed by atoms with van der Waals surface area (Å²) in [6.07, 6.45) is 9.48. The van der Waals surface area contributed by atoms with Crippen LogP contribution in [0.5, 0.6) is 0 Å². The van der Waals surface area contributed by atoms with E-state index in [2.05, 4.69) is 17.1 Å². The number of nitrogens with zero attached hydrogens (tertiary/aromatic N) is 2. The van der Waals surface area contributed by atoms with Crippen LogP contribution in [0.4, 0.5) is 0 Å². The summed E-state index contributed by atoms with van der Waals surface area (Å²) in [7, 11) is 0. The van der Waals surface area contributed by atoms with Gasteiger partial charge in [0, 0.05) is 30.3 Å². The van der Waals surface area contributed by atoms with E-state index in [0.29, 0.717) is 0 Å². The van der Waals surface area contributed by atoms with Gasteiger partial charge in [0.05, 0.1) is 10.7 Å². The van der Waals surface area contributed by atoms with Crippen molar-refractivity contribution in [3.05, 3.63) is 15.6 Å². The summed E-state index contributed by atoms with van der Waals surface area (Å²) in [5.41, 5.74) is 1.42. The van der Waals surface area contributed by atoms with Crippen LogP contribution >= 0.6 is 11.3 Å². The first-order chi connectivity index (χ1) is 10.4. The van der Waals surface area contributed by atoms with Crippen LogP contribution in [-0.4, -0.2) is 36.1 Å². The summed E-state index contributed by atoms with van der Waals surface area (Å²) < 4.78 is 0. The molecule has 2 aliphatic rings. The average molecular weight is 308 g/mol. The van der Waals surface area contributed by atoms with E-state index in [9.17, 15) is 0 Å². The maximum absolute atomic E-state index is 4.98. The maximum Gasteiger partial charge on any atom is 0.0944 e. The van der Waals surface area contributed by atoms with Crippen molar-refractivity contribution in [3.8, 4) is 0 Å². The summed E-state index contributed by atoms with van der Waals surface area (Å²) >= 11 is 1.96. The minimum absolute atomic E-state index is 0.779. The fraction of sp³-hybridized carbons (Fsp3) is 0.824. The second-order valence-corrected chi connectivity index (χ2v) is 7.64. The van der Waals surface area contributed by atoms with Gasteiger partial charge in [0.1, 0.15) is 0 Å². The second-order valence-electron chi connectivity index (χ2n) is 6.48. The Morgan fingerprint density at radius 3 is 2.62 bits per heavy atom. The molecule has 1 saturated heterocycles. The van der Waals surface area contributed by atoms with E-state index in [-0.39, 0.29) is 0 Å². The monoisotopic (exact) mass is 307 g/mol. The first-order valence-corrected chi connectivity index (χ1v) is 9.60. The van der Waals surface area contributed by atoms with E-state index in [0.717, 1.165) is 25.4 Å². The topological polar surface area (TPSA) is 28.2 Å². The van der Waals surface area contributed by atoms with Crippen LogP contribution in [0.1, 0.15) is 66.9 Å². The molecule has 0 aromatic carbocycles. The van der Waals surface area contributed by atoms with Crippen LogP contribution < -0.4 is 5.32 Å². The molecule has 0 amide bonds. The highest BCUT2D eigenvalue weighted by Crippen LogP contribution is 2.42. The van der Waals surface area contributed by atoms with Gasteiger partial charge in [-0.05, 0) is 45.3 Å². The Balaban J connectivity index is 1.56. The third-order valence-electron chi connectivity index (χ3n) is 4.61. The van der Waals surface area contributed by atoms with Gasteiger partial charge in [0.15, 0.2) is 0 Å². The van der Waals surface area contributed by atoms with Crippen molar-refractivity contribution in [2.24, 2.45) is 0 Å². The third-order valence-corrected chi connectivity index (χ3v) is 5.74. The van der Waals surface area contributed by atoms with Gasteiger partial charge in [0.2, 0.25) is 0 Å². The molecular weight excluding hydrogens is 278 g/mol. The van der Waals surface area contributed by atoms with Crippen LogP contribution in [0.25, 0.3) is 0 Å². The number of nitrogens with one attached hydrogen (secondary N) is 1. The lowest BCUT2D eigenvalue weighted by atomic mass is 10.2. The minimum Gasteiger partial charge on any atom is -0.312 e. The first-order valence-electron chi connectivity index (χ1n) is 8.78. The lowest BCUT2D eigenvalue weighted by molar-refractivity contribution is 0.288. The van der Waals surface area contributed by atoms with Crippen molar-refractivity contribution in [1.29, 1.82) is 0 Å². The highest BCUT2D eigenvalue weighted by molar-refractivity contribution is 7.11. The molecule has 0 unspecified atom stereocenters. The Bertz CT molecular complexity index is 431. The van der Waals surface area contributed by atoms with Crippen molar-refractivity contribution < 1.29 is 0 Å². The Morgan fingerprint density at radius 1 is 1.19 bits per heavy atom. The minimum atomic E-state index is 0.779. The van der Waals surface area contributed by atoms with Gasteiger partial charge in [-0.3, -0.25) is 0 Å².